The molecular formula is C25H19Cl2N3O4. The Hall–Kier alpha value is -3.99. The predicted octanol–water partition coefficient (Wildman–Crippen LogP) is 5.57. The van der Waals surface area contributed by atoms with Crippen molar-refractivity contribution in [2.24, 2.45) is 0 Å². The van der Waals surface area contributed by atoms with Crippen LogP contribution in [-0.4, -0.2) is 25.5 Å². The fraction of sp³-hybridized carbons (Fsp3) is 0.0800. The highest BCUT2D eigenvalue weighted by Gasteiger charge is 2.11. The molecule has 3 rings (SSSR count). The van der Waals surface area contributed by atoms with Crippen LogP contribution >= 0.6 is 23.2 Å². The Morgan fingerprint density at radius 3 is 2.35 bits per heavy atom. The van der Waals surface area contributed by atoms with Gasteiger partial charge in [0, 0.05) is 17.4 Å². The summed E-state index contributed by atoms with van der Waals surface area (Å²) in [5, 5.41) is 15.4. The topological polar surface area (TPSA) is 100 Å². The lowest BCUT2D eigenvalue weighted by Gasteiger charge is -2.09. The number of rotatable bonds is 8. The number of nitrogens with one attached hydrogen (secondary N) is 2. The number of nitriles is 1. The van der Waals surface area contributed by atoms with Gasteiger partial charge in [0.1, 0.15) is 23.1 Å². The van der Waals surface area contributed by atoms with Gasteiger partial charge in [-0.2, -0.15) is 5.26 Å². The number of carbonyl (C=O) groups is 2. The van der Waals surface area contributed by atoms with Crippen molar-refractivity contribution in [3.8, 4) is 17.6 Å². The van der Waals surface area contributed by atoms with Crippen LogP contribution in [0.5, 0.6) is 11.5 Å². The van der Waals surface area contributed by atoms with Crippen LogP contribution in [-0.2, 0) is 9.59 Å². The summed E-state index contributed by atoms with van der Waals surface area (Å²) in [5.41, 5.74) is 1.55. The zero-order chi connectivity index (χ0) is 24.5. The van der Waals surface area contributed by atoms with E-state index in [1.807, 2.05) is 6.07 Å². The zero-order valence-corrected chi connectivity index (χ0v) is 19.5. The largest absolute Gasteiger partial charge is 0.497 e. The molecule has 0 aliphatic rings. The second-order valence-electron chi connectivity index (χ2n) is 6.89. The first-order valence-electron chi connectivity index (χ1n) is 9.93. The number of benzene rings is 3. The maximum atomic E-state index is 12.5. The van der Waals surface area contributed by atoms with Crippen molar-refractivity contribution in [2.75, 3.05) is 24.4 Å². The summed E-state index contributed by atoms with van der Waals surface area (Å²) in [6.45, 7) is -0.220. The minimum atomic E-state index is -0.546. The zero-order valence-electron chi connectivity index (χ0n) is 18.0. The standard InChI is InChI=1S/C25H19Cl2N3O4/c1-33-21-4-2-3-18(12-21)30-25(32)17(14-28)11-16-5-8-20(9-6-16)34-15-24(31)29-19-7-10-22(26)23(27)13-19/h2-13H,15H2,1H3,(H,29,31)(H,30,32)/b17-11+. The SMILES string of the molecule is COc1cccc(NC(=O)/C(C#N)=C/c2ccc(OCC(=O)Nc3ccc(Cl)c(Cl)c3)cc2)c1. The van der Waals surface area contributed by atoms with Crippen molar-refractivity contribution in [3.63, 3.8) is 0 Å². The fourth-order valence-electron chi connectivity index (χ4n) is 2.79. The van der Waals surface area contributed by atoms with Crippen LogP contribution in [0.4, 0.5) is 11.4 Å². The van der Waals surface area contributed by atoms with Crippen LogP contribution in [0.1, 0.15) is 5.56 Å². The van der Waals surface area contributed by atoms with Gasteiger partial charge in [0.05, 0.1) is 17.2 Å². The van der Waals surface area contributed by atoms with Crippen molar-refractivity contribution in [3.05, 3.63) is 87.9 Å². The summed E-state index contributed by atoms with van der Waals surface area (Å²) < 4.78 is 10.6. The Morgan fingerprint density at radius 1 is 0.941 bits per heavy atom. The Bertz CT molecular complexity index is 1270. The number of methoxy groups -OCH3 is 1. The van der Waals surface area contributed by atoms with E-state index in [1.165, 1.54) is 13.2 Å². The first kappa shape index (κ1) is 24.6. The average molecular weight is 496 g/mol. The summed E-state index contributed by atoms with van der Waals surface area (Å²) in [6.07, 6.45) is 1.45. The molecule has 0 atom stereocenters. The predicted molar refractivity (Wildman–Crippen MR) is 132 cm³/mol. The van der Waals surface area contributed by atoms with Crippen LogP contribution in [0.3, 0.4) is 0 Å². The molecule has 2 amide bonds. The summed E-state index contributed by atoms with van der Waals surface area (Å²) in [7, 11) is 1.52. The van der Waals surface area contributed by atoms with Gasteiger partial charge in [-0.05, 0) is 54.1 Å². The molecule has 9 heteroatoms. The number of hydrogen-bond donors (Lipinski definition) is 2. The van der Waals surface area contributed by atoms with Gasteiger partial charge in [0.15, 0.2) is 6.61 Å². The smallest absolute Gasteiger partial charge is 0.266 e. The van der Waals surface area contributed by atoms with E-state index < -0.39 is 5.91 Å². The number of halogens is 2. The second-order valence-corrected chi connectivity index (χ2v) is 7.71. The molecule has 0 saturated carbocycles. The number of anilines is 2. The van der Waals surface area contributed by atoms with Gasteiger partial charge in [0.2, 0.25) is 0 Å². The van der Waals surface area contributed by atoms with Crippen LogP contribution in [0.25, 0.3) is 6.08 Å². The van der Waals surface area contributed by atoms with Crippen molar-refractivity contribution < 1.29 is 19.1 Å². The summed E-state index contributed by atoms with van der Waals surface area (Å²) in [6, 6.07) is 20.1. The third-order valence-corrected chi connectivity index (χ3v) is 5.20. The monoisotopic (exact) mass is 495 g/mol. The molecule has 0 spiro atoms. The van der Waals surface area contributed by atoms with Crippen molar-refractivity contribution in [1.29, 1.82) is 5.26 Å². The fourth-order valence-corrected chi connectivity index (χ4v) is 3.09. The molecular weight excluding hydrogens is 477 g/mol. The number of carbonyl (C=O) groups excluding carboxylic acids is 2. The lowest BCUT2D eigenvalue weighted by atomic mass is 10.1. The quantitative estimate of drug-likeness (QED) is 0.314. The third kappa shape index (κ3) is 7.01. The highest BCUT2D eigenvalue weighted by molar-refractivity contribution is 6.42. The second kappa shape index (κ2) is 11.8. The molecule has 0 saturated heterocycles. The van der Waals surface area contributed by atoms with E-state index in [2.05, 4.69) is 10.6 Å². The molecule has 0 bridgehead atoms. The normalized spacial score (nSPS) is 10.7. The van der Waals surface area contributed by atoms with E-state index in [9.17, 15) is 14.9 Å². The molecule has 0 heterocycles. The van der Waals surface area contributed by atoms with E-state index in [4.69, 9.17) is 32.7 Å². The third-order valence-electron chi connectivity index (χ3n) is 4.46. The van der Waals surface area contributed by atoms with Gasteiger partial charge in [0.25, 0.3) is 11.8 Å². The minimum Gasteiger partial charge on any atom is -0.497 e. The van der Waals surface area contributed by atoms with E-state index in [1.54, 1.807) is 66.7 Å². The Morgan fingerprint density at radius 2 is 1.68 bits per heavy atom. The van der Waals surface area contributed by atoms with Gasteiger partial charge >= 0.3 is 0 Å². The van der Waals surface area contributed by atoms with Crippen LogP contribution < -0.4 is 20.1 Å². The van der Waals surface area contributed by atoms with Gasteiger partial charge in [-0.15, -0.1) is 0 Å². The van der Waals surface area contributed by atoms with E-state index in [-0.39, 0.29) is 18.1 Å². The molecule has 34 heavy (non-hydrogen) atoms. The van der Waals surface area contributed by atoms with Crippen LogP contribution in [0, 0.1) is 11.3 Å². The maximum Gasteiger partial charge on any atom is 0.266 e. The first-order valence-corrected chi connectivity index (χ1v) is 10.7. The molecule has 3 aromatic carbocycles. The van der Waals surface area contributed by atoms with Crippen LogP contribution in [0.15, 0.2) is 72.3 Å². The van der Waals surface area contributed by atoms with Crippen molar-refractivity contribution in [2.45, 2.75) is 0 Å². The summed E-state index contributed by atoms with van der Waals surface area (Å²) in [4.78, 5) is 24.5. The van der Waals surface area contributed by atoms with Gasteiger partial charge in [-0.1, -0.05) is 41.4 Å². The number of nitrogens with zero attached hydrogens (tertiary/aromatic N) is 1. The molecule has 3 aromatic rings. The molecule has 0 aromatic heterocycles. The maximum absolute atomic E-state index is 12.5. The molecule has 2 N–H and O–H groups in total. The average Bonchev–Trinajstić information content (AvgIpc) is 2.84. The molecule has 0 aliphatic heterocycles. The summed E-state index contributed by atoms with van der Waals surface area (Å²) >= 11 is 11.8. The minimum absolute atomic E-state index is 0.0718. The van der Waals surface area contributed by atoms with E-state index in [0.717, 1.165) is 0 Å². The molecule has 7 nitrogen and oxygen atoms in total. The Balaban J connectivity index is 1.57. The van der Waals surface area contributed by atoms with Gasteiger partial charge in [-0.3, -0.25) is 9.59 Å². The number of amides is 2. The summed E-state index contributed by atoms with van der Waals surface area (Å²) in [5.74, 6) is 0.112. The number of ether oxygens (including phenoxy) is 2. The van der Waals surface area contributed by atoms with Gasteiger partial charge in [-0.25, -0.2) is 0 Å². The Kier molecular flexibility index (Phi) is 8.52. The number of hydrogen-bond acceptors (Lipinski definition) is 5. The van der Waals surface area contributed by atoms with Crippen molar-refractivity contribution in [1.82, 2.24) is 0 Å². The molecule has 0 unspecified atom stereocenters. The van der Waals surface area contributed by atoms with Crippen molar-refractivity contribution >= 4 is 52.5 Å². The molecule has 0 fully saturated rings. The lowest BCUT2D eigenvalue weighted by Crippen LogP contribution is -2.20. The first-order chi connectivity index (χ1) is 16.4. The molecule has 172 valence electrons. The highest BCUT2D eigenvalue weighted by atomic mass is 35.5. The van der Waals surface area contributed by atoms with Crippen LogP contribution in [0.2, 0.25) is 10.0 Å². The van der Waals surface area contributed by atoms with E-state index in [0.29, 0.717) is 38.5 Å². The highest BCUT2D eigenvalue weighted by Crippen LogP contribution is 2.25. The Labute approximate surface area is 206 Å². The molecule has 0 radical (unpaired) electrons. The molecule has 0 aliphatic carbocycles. The lowest BCUT2D eigenvalue weighted by molar-refractivity contribution is -0.118. The van der Waals surface area contributed by atoms with E-state index >= 15 is 0 Å². The van der Waals surface area contributed by atoms with Gasteiger partial charge < -0.3 is 20.1 Å².